The molecule has 0 aliphatic carbocycles. The van der Waals surface area contributed by atoms with Crippen molar-refractivity contribution < 1.29 is 9.90 Å². The van der Waals surface area contributed by atoms with Crippen LogP contribution in [0.25, 0.3) is 0 Å². The fourth-order valence-corrected chi connectivity index (χ4v) is 2.66. The molecule has 17 heavy (non-hydrogen) atoms. The number of hydrogen-bond donors (Lipinski definition) is 3. The van der Waals surface area contributed by atoms with Gasteiger partial charge in [-0.2, -0.15) is 0 Å². The lowest BCUT2D eigenvalue weighted by atomic mass is 9.93. The molecule has 1 fully saturated rings. The largest absolute Gasteiger partial charge is 0.396 e. The second kappa shape index (κ2) is 6.93. The van der Waals surface area contributed by atoms with Crippen LogP contribution in [0.15, 0.2) is 0 Å². The molecule has 5 heteroatoms. The lowest BCUT2D eigenvalue weighted by Crippen LogP contribution is -2.51. The van der Waals surface area contributed by atoms with Gasteiger partial charge in [-0.3, -0.25) is 15.1 Å². The van der Waals surface area contributed by atoms with Crippen LogP contribution in [-0.4, -0.2) is 41.1 Å². The Balaban J connectivity index is 2.63. The van der Waals surface area contributed by atoms with E-state index in [9.17, 15) is 4.79 Å². The molecule has 0 bridgehead atoms. The normalized spacial score (nSPS) is 25.3. The third-order valence-corrected chi connectivity index (χ3v) is 3.94. The lowest BCUT2D eigenvalue weighted by molar-refractivity contribution is -0.127. The maximum absolute atomic E-state index is 11.5. The third-order valence-electron chi connectivity index (χ3n) is 3.94. The second-order valence-electron chi connectivity index (χ2n) is 4.94. The van der Waals surface area contributed by atoms with Crippen LogP contribution in [0.5, 0.6) is 0 Å². The van der Waals surface area contributed by atoms with Crippen LogP contribution < -0.4 is 11.3 Å². The molecule has 4 N–H and O–H groups in total. The summed E-state index contributed by atoms with van der Waals surface area (Å²) in [4.78, 5) is 13.9. The highest BCUT2D eigenvalue weighted by Crippen LogP contribution is 2.24. The number of nitrogens with zero attached hydrogens (tertiary/aromatic N) is 1. The molecule has 1 rings (SSSR count). The highest BCUT2D eigenvalue weighted by atomic mass is 16.3. The molecule has 1 saturated heterocycles. The van der Waals surface area contributed by atoms with E-state index >= 15 is 0 Å². The molecule has 0 aromatic heterocycles. The zero-order valence-corrected chi connectivity index (χ0v) is 10.9. The first-order valence-corrected chi connectivity index (χ1v) is 6.48. The topological polar surface area (TPSA) is 78.6 Å². The Labute approximate surface area is 103 Å². The van der Waals surface area contributed by atoms with Crippen LogP contribution in [0, 0.1) is 5.92 Å². The number of aliphatic hydroxyl groups excluding tert-OH is 1. The molecule has 100 valence electrons. The summed E-state index contributed by atoms with van der Waals surface area (Å²) in [5, 5.41) is 9.09. The number of piperidine rings is 1. The highest BCUT2D eigenvalue weighted by Gasteiger charge is 2.31. The van der Waals surface area contributed by atoms with Gasteiger partial charge in [-0.05, 0) is 32.7 Å². The maximum Gasteiger partial charge on any atom is 0.238 e. The van der Waals surface area contributed by atoms with E-state index in [2.05, 4.69) is 17.2 Å². The summed E-state index contributed by atoms with van der Waals surface area (Å²) in [6, 6.07) is 0.562. The van der Waals surface area contributed by atoms with Crippen LogP contribution in [-0.2, 0) is 4.79 Å². The molecule has 1 heterocycles. The zero-order chi connectivity index (χ0) is 12.8. The summed E-state index contributed by atoms with van der Waals surface area (Å²) in [7, 11) is 0. The zero-order valence-electron chi connectivity index (χ0n) is 10.9. The number of likely N-dealkylation sites (tertiary alicyclic amines) is 1. The molecule has 1 amide bonds. The van der Waals surface area contributed by atoms with Gasteiger partial charge in [0, 0.05) is 18.7 Å². The van der Waals surface area contributed by atoms with Crippen LogP contribution in [0.3, 0.4) is 0 Å². The van der Waals surface area contributed by atoms with E-state index < -0.39 is 0 Å². The molecule has 1 aliphatic rings. The summed E-state index contributed by atoms with van der Waals surface area (Å²) >= 11 is 0. The Morgan fingerprint density at radius 1 is 1.53 bits per heavy atom. The summed E-state index contributed by atoms with van der Waals surface area (Å²) in [5.74, 6) is 4.93. The van der Waals surface area contributed by atoms with E-state index in [0.717, 1.165) is 19.4 Å². The fourth-order valence-electron chi connectivity index (χ4n) is 2.66. The Hall–Kier alpha value is -0.650. The summed E-state index contributed by atoms with van der Waals surface area (Å²) in [6.45, 7) is 5.19. The molecule has 0 radical (unpaired) electrons. The van der Waals surface area contributed by atoms with E-state index in [1.54, 1.807) is 0 Å². The number of carbonyl (C=O) groups is 1. The first kappa shape index (κ1) is 14.4. The number of nitrogens with one attached hydrogen (secondary N) is 1. The lowest BCUT2D eigenvalue weighted by Gasteiger charge is -2.41. The Kier molecular flexibility index (Phi) is 5.88. The van der Waals surface area contributed by atoms with Gasteiger partial charge in [0.25, 0.3) is 0 Å². The standard InChI is InChI=1S/C12H25N3O2/c1-9(12(17)14-13)10(2)15-7-4-3-5-11(15)6-8-16/h9-11,16H,3-8,13H2,1-2H3,(H,14,17). The molecule has 0 spiro atoms. The van der Waals surface area contributed by atoms with Gasteiger partial charge in [-0.1, -0.05) is 13.3 Å². The van der Waals surface area contributed by atoms with Gasteiger partial charge in [-0.25, -0.2) is 5.84 Å². The number of nitrogens with two attached hydrogens (primary N) is 1. The van der Waals surface area contributed by atoms with Gasteiger partial charge in [0.2, 0.25) is 5.91 Å². The number of amides is 1. The predicted molar refractivity (Wildman–Crippen MR) is 67.0 cm³/mol. The number of carbonyl (C=O) groups excluding carboxylic acids is 1. The molecule has 5 nitrogen and oxygen atoms in total. The van der Waals surface area contributed by atoms with Crippen molar-refractivity contribution in [1.29, 1.82) is 0 Å². The number of aliphatic hydroxyl groups is 1. The molecular weight excluding hydrogens is 218 g/mol. The van der Waals surface area contributed by atoms with E-state index in [0.29, 0.717) is 6.04 Å². The molecule has 0 aromatic rings. The Morgan fingerprint density at radius 2 is 2.24 bits per heavy atom. The van der Waals surface area contributed by atoms with Crippen molar-refractivity contribution in [2.75, 3.05) is 13.2 Å². The van der Waals surface area contributed by atoms with Gasteiger partial charge in [-0.15, -0.1) is 0 Å². The first-order chi connectivity index (χ1) is 8.11. The number of hydrazine groups is 1. The van der Waals surface area contributed by atoms with Gasteiger partial charge in [0.05, 0.1) is 5.92 Å². The Bertz CT molecular complexity index is 246. The van der Waals surface area contributed by atoms with Crippen molar-refractivity contribution in [3.05, 3.63) is 0 Å². The van der Waals surface area contributed by atoms with Crippen molar-refractivity contribution in [1.82, 2.24) is 10.3 Å². The van der Waals surface area contributed by atoms with Gasteiger partial charge in [0.15, 0.2) is 0 Å². The molecule has 3 atom stereocenters. The summed E-state index contributed by atoms with van der Waals surface area (Å²) in [5.41, 5.74) is 2.22. The van der Waals surface area contributed by atoms with Crippen LogP contribution in [0.2, 0.25) is 0 Å². The van der Waals surface area contributed by atoms with Crippen molar-refractivity contribution in [2.45, 2.75) is 51.6 Å². The molecule has 0 aromatic carbocycles. The summed E-state index contributed by atoms with van der Waals surface area (Å²) in [6.07, 6.45) is 4.29. The van der Waals surface area contributed by atoms with Gasteiger partial charge in [0.1, 0.15) is 0 Å². The minimum Gasteiger partial charge on any atom is -0.396 e. The molecular formula is C12H25N3O2. The van der Waals surface area contributed by atoms with Crippen molar-refractivity contribution in [3.8, 4) is 0 Å². The van der Waals surface area contributed by atoms with Gasteiger partial charge >= 0.3 is 0 Å². The maximum atomic E-state index is 11.5. The molecule has 3 unspecified atom stereocenters. The smallest absolute Gasteiger partial charge is 0.238 e. The average molecular weight is 243 g/mol. The predicted octanol–water partition coefficient (Wildman–Crippen LogP) is 0.238. The number of hydrogen-bond acceptors (Lipinski definition) is 4. The van der Waals surface area contributed by atoms with Crippen molar-refractivity contribution >= 4 is 5.91 Å². The van der Waals surface area contributed by atoms with Crippen LogP contribution in [0.1, 0.15) is 39.5 Å². The summed E-state index contributed by atoms with van der Waals surface area (Å²) < 4.78 is 0. The SMILES string of the molecule is CC(C(=O)NN)C(C)N1CCCCC1CCO. The van der Waals surface area contributed by atoms with Crippen molar-refractivity contribution in [3.63, 3.8) is 0 Å². The minimum absolute atomic E-state index is 0.120. The van der Waals surface area contributed by atoms with Gasteiger partial charge < -0.3 is 5.11 Å². The molecule has 1 aliphatic heterocycles. The fraction of sp³-hybridized carbons (Fsp3) is 0.917. The monoisotopic (exact) mass is 243 g/mol. The quantitative estimate of drug-likeness (QED) is 0.367. The number of rotatable bonds is 5. The van der Waals surface area contributed by atoms with Crippen LogP contribution in [0.4, 0.5) is 0 Å². The van der Waals surface area contributed by atoms with E-state index in [-0.39, 0.29) is 24.5 Å². The first-order valence-electron chi connectivity index (χ1n) is 6.48. The van der Waals surface area contributed by atoms with Crippen molar-refractivity contribution in [2.24, 2.45) is 11.8 Å². The Morgan fingerprint density at radius 3 is 2.82 bits per heavy atom. The highest BCUT2D eigenvalue weighted by molar-refractivity contribution is 5.78. The van der Waals surface area contributed by atoms with E-state index in [4.69, 9.17) is 10.9 Å². The second-order valence-corrected chi connectivity index (χ2v) is 4.94. The minimum atomic E-state index is -0.126. The average Bonchev–Trinajstić information content (AvgIpc) is 2.37. The van der Waals surface area contributed by atoms with E-state index in [1.165, 1.54) is 12.8 Å². The molecule has 0 saturated carbocycles. The third kappa shape index (κ3) is 3.66. The van der Waals surface area contributed by atoms with Crippen LogP contribution >= 0.6 is 0 Å². The van der Waals surface area contributed by atoms with E-state index in [1.807, 2.05) is 6.92 Å².